The summed E-state index contributed by atoms with van der Waals surface area (Å²) in [5.41, 5.74) is 4.64. The summed E-state index contributed by atoms with van der Waals surface area (Å²) in [6, 6.07) is 0.167. The van der Waals surface area contributed by atoms with Crippen LogP contribution in [-0.2, 0) is 0 Å². The van der Waals surface area contributed by atoms with Crippen molar-refractivity contribution in [1.82, 2.24) is 5.32 Å². The van der Waals surface area contributed by atoms with Crippen molar-refractivity contribution in [3.8, 4) is 0 Å². The fraction of sp³-hybridized carbons (Fsp3) is 1.00. The lowest BCUT2D eigenvalue weighted by Crippen LogP contribution is -2.61. The molecule has 76 valence electrons. The summed E-state index contributed by atoms with van der Waals surface area (Å²) < 4.78 is 14.1. The number of halogens is 1. The Hall–Kier alpha value is -0.150. The van der Waals surface area contributed by atoms with Gasteiger partial charge in [0.25, 0.3) is 0 Å². The Balaban J connectivity index is 1.92. The lowest BCUT2D eigenvalue weighted by atomic mass is 9.69. The van der Waals surface area contributed by atoms with Crippen molar-refractivity contribution in [3.63, 3.8) is 0 Å². The summed E-state index contributed by atoms with van der Waals surface area (Å²) in [7, 11) is 0. The molecule has 1 heterocycles. The molecular weight excluding hydrogens is 167 g/mol. The molecule has 1 aliphatic carbocycles. The van der Waals surface area contributed by atoms with E-state index < -0.39 is 5.67 Å². The van der Waals surface area contributed by atoms with Crippen LogP contribution in [0.4, 0.5) is 4.39 Å². The van der Waals surface area contributed by atoms with Gasteiger partial charge in [0.2, 0.25) is 0 Å². The van der Waals surface area contributed by atoms with Crippen molar-refractivity contribution in [1.29, 1.82) is 0 Å². The topological polar surface area (TPSA) is 38.0 Å². The maximum Gasteiger partial charge on any atom is 0.129 e. The minimum atomic E-state index is -0.992. The molecule has 2 nitrogen and oxygen atoms in total. The number of alkyl halides is 1. The molecule has 0 amide bonds. The van der Waals surface area contributed by atoms with E-state index in [-0.39, 0.29) is 12.1 Å². The van der Waals surface area contributed by atoms with Gasteiger partial charge in [0.15, 0.2) is 0 Å². The number of hydrogen-bond acceptors (Lipinski definition) is 2. The van der Waals surface area contributed by atoms with E-state index in [0.717, 1.165) is 13.0 Å². The van der Waals surface area contributed by atoms with E-state index in [4.69, 9.17) is 5.73 Å². The van der Waals surface area contributed by atoms with Crippen LogP contribution in [0.25, 0.3) is 0 Å². The molecule has 2 unspecified atom stereocenters. The second kappa shape index (κ2) is 3.21. The third-order valence-corrected chi connectivity index (χ3v) is 3.49. The Bertz CT molecular complexity index is 189. The lowest BCUT2D eigenvalue weighted by Gasteiger charge is -2.47. The third kappa shape index (κ3) is 1.72. The van der Waals surface area contributed by atoms with Gasteiger partial charge < -0.3 is 11.1 Å². The van der Waals surface area contributed by atoms with Crippen LogP contribution >= 0.6 is 0 Å². The molecule has 0 bridgehead atoms. The number of rotatable bonds is 1. The van der Waals surface area contributed by atoms with E-state index in [1.807, 2.05) is 0 Å². The van der Waals surface area contributed by atoms with Gasteiger partial charge in [0, 0.05) is 12.1 Å². The normalized spacial score (nSPS) is 51.5. The van der Waals surface area contributed by atoms with E-state index in [1.165, 1.54) is 6.42 Å². The zero-order valence-electron chi connectivity index (χ0n) is 8.22. The van der Waals surface area contributed by atoms with Crippen LogP contribution in [-0.4, -0.2) is 24.3 Å². The van der Waals surface area contributed by atoms with Crippen molar-refractivity contribution in [2.75, 3.05) is 6.54 Å². The molecule has 3 N–H and O–H groups in total. The number of nitrogens with one attached hydrogen (secondary N) is 1. The predicted octanol–water partition coefficient (Wildman–Crippen LogP) is 1.20. The molecule has 2 aliphatic rings. The smallest absolute Gasteiger partial charge is 0.129 e. The van der Waals surface area contributed by atoms with Crippen LogP contribution < -0.4 is 11.1 Å². The van der Waals surface area contributed by atoms with Gasteiger partial charge in [-0.05, 0) is 38.1 Å². The standard InChI is InChI=1S/C10H19FN2/c1-7-2-3-13-9(4-7)10(11)5-8(12)6-10/h7-9,13H,2-6,12H2,1H3. The van der Waals surface area contributed by atoms with Crippen molar-refractivity contribution in [2.24, 2.45) is 11.7 Å². The van der Waals surface area contributed by atoms with Crippen molar-refractivity contribution >= 4 is 0 Å². The van der Waals surface area contributed by atoms with Crippen LogP contribution in [0.5, 0.6) is 0 Å². The van der Waals surface area contributed by atoms with Crippen LogP contribution in [0.1, 0.15) is 32.6 Å². The van der Waals surface area contributed by atoms with Crippen LogP contribution in [0, 0.1) is 5.92 Å². The first-order chi connectivity index (χ1) is 6.10. The van der Waals surface area contributed by atoms with E-state index in [1.54, 1.807) is 0 Å². The molecule has 1 saturated carbocycles. The first kappa shape index (κ1) is 9.41. The summed E-state index contributed by atoms with van der Waals surface area (Å²) in [5.74, 6) is 0.663. The molecule has 2 rings (SSSR count). The van der Waals surface area contributed by atoms with Crippen molar-refractivity contribution in [2.45, 2.75) is 50.4 Å². The molecule has 0 aromatic heterocycles. The summed E-state index contributed by atoms with van der Waals surface area (Å²) in [6.07, 6.45) is 3.26. The van der Waals surface area contributed by atoms with Crippen LogP contribution in [0.15, 0.2) is 0 Å². The average molecular weight is 186 g/mol. The molecule has 0 aromatic carbocycles. The highest BCUT2D eigenvalue weighted by atomic mass is 19.1. The van der Waals surface area contributed by atoms with E-state index >= 15 is 0 Å². The van der Waals surface area contributed by atoms with Gasteiger partial charge in [-0.15, -0.1) is 0 Å². The van der Waals surface area contributed by atoms with Crippen molar-refractivity contribution in [3.05, 3.63) is 0 Å². The molecule has 2 fully saturated rings. The maximum absolute atomic E-state index is 14.1. The SMILES string of the molecule is CC1CCNC(C2(F)CC(N)C2)C1. The average Bonchev–Trinajstić information content (AvgIpc) is 2.02. The van der Waals surface area contributed by atoms with Gasteiger partial charge in [-0.3, -0.25) is 0 Å². The summed E-state index contributed by atoms with van der Waals surface area (Å²) in [6.45, 7) is 3.17. The summed E-state index contributed by atoms with van der Waals surface area (Å²) >= 11 is 0. The summed E-state index contributed by atoms with van der Waals surface area (Å²) in [4.78, 5) is 0. The number of nitrogens with two attached hydrogens (primary N) is 1. The third-order valence-electron chi connectivity index (χ3n) is 3.49. The van der Waals surface area contributed by atoms with E-state index in [2.05, 4.69) is 12.2 Å². The van der Waals surface area contributed by atoms with Gasteiger partial charge in [-0.25, -0.2) is 4.39 Å². The van der Waals surface area contributed by atoms with Gasteiger partial charge >= 0.3 is 0 Å². The molecule has 0 radical (unpaired) electrons. The van der Waals surface area contributed by atoms with Gasteiger partial charge in [-0.1, -0.05) is 6.92 Å². The van der Waals surface area contributed by atoms with Crippen LogP contribution in [0.2, 0.25) is 0 Å². The highest BCUT2D eigenvalue weighted by molar-refractivity contribution is 5.06. The summed E-state index contributed by atoms with van der Waals surface area (Å²) in [5, 5.41) is 3.28. The predicted molar refractivity (Wildman–Crippen MR) is 51.2 cm³/mol. The molecule has 1 aliphatic heterocycles. The highest BCUT2D eigenvalue weighted by Gasteiger charge is 2.49. The lowest BCUT2D eigenvalue weighted by molar-refractivity contribution is -0.0108. The Morgan fingerprint density at radius 3 is 2.69 bits per heavy atom. The molecule has 0 aromatic rings. The second-order valence-corrected chi connectivity index (χ2v) is 4.84. The monoisotopic (exact) mass is 186 g/mol. The van der Waals surface area contributed by atoms with E-state index in [0.29, 0.717) is 18.8 Å². The largest absolute Gasteiger partial charge is 0.327 e. The first-order valence-corrected chi connectivity index (χ1v) is 5.28. The Morgan fingerprint density at radius 2 is 2.15 bits per heavy atom. The van der Waals surface area contributed by atoms with Crippen molar-refractivity contribution < 1.29 is 4.39 Å². The zero-order valence-corrected chi connectivity index (χ0v) is 8.22. The molecule has 3 heteroatoms. The number of piperidine rings is 1. The molecule has 13 heavy (non-hydrogen) atoms. The highest BCUT2D eigenvalue weighted by Crippen LogP contribution is 2.41. The fourth-order valence-electron chi connectivity index (χ4n) is 2.60. The minimum Gasteiger partial charge on any atom is -0.327 e. The van der Waals surface area contributed by atoms with Crippen LogP contribution in [0.3, 0.4) is 0 Å². The first-order valence-electron chi connectivity index (χ1n) is 5.28. The van der Waals surface area contributed by atoms with Gasteiger partial charge in [0.1, 0.15) is 5.67 Å². The molecular formula is C10H19FN2. The Kier molecular flexibility index (Phi) is 2.32. The Labute approximate surface area is 79.1 Å². The maximum atomic E-state index is 14.1. The minimum absolute atomic E-state index is 0.0658. The zero-order chi connectivity index (χ0) is 9.47. The van der Waals surface area contributed by atoms with E-state index in [9.17, 15) is 4.39 Å². The molecule has 2 atom stereocenters. The molecule has 1 saturated heterocycles. The Morgan fingerprint density at radius 1 is 1.46 bits per heavy atom. The van der Waals surface area contributed by atoms with Gasteiger partial charge in [0.05, 0.1) is 0 Å². The molecule has 0 spiro atoms. The van der Waals surface area contributed by atoms with Gasteiger partial charge in [-0.2, -0.15) is 0 Å². The quantitative estimate of drug-likeness (QED) is 0.646. The number of hydrogen-bond donors (Lipinski definition) is 2. The second-order valence-electron chi connectivity index (χ2n) is 4.84. The fourth-order valence-corrected chi connectivity index (χ4v) is 2.60.